The maximum absolute atomic E-state index is 12.8. The molecule has 1 rings (SSSR count). The molecular weight excluding hydrogens is 320 g/mol. The average molecular weight is 354 g/mol. The zero-order chi connectivity index (χ0) is 19.5. The molecule has 3 atom stereocenters. The van der Waals surface area contributed by atoms with Gasteiger partial charge in [-0.15, -0.1) is 0 Å². The number of rotatable bonds is 9. The largest absolute Gasteiger partial charge is 0.508 e. The Morgan fingerprint density at radius 2 is 1.56 bits per heavy atom. The highest BCUT2D eigenvalue weighted by molar-refractivity contribution is 6.24. The normalized spacial score (nSPS) is 25.6. The molecule has 3 N–H and O–H groups in total. The molecule has 0 fully saturated rings. The summed E-state index contributed by atoms with van der Waals surface area (Å²) in [6.45, 7) is 11.3. The minimum Gasteiger partial charge on any atom is -0.508 e. The van der Waals surface area contributed by atoms with Crippen molar-refractivity contribution in [1.29, 1.82) is 0 Å². The van der Waals surface area contributed by atoms with Crippen LogP contribution in [0.1, 0.15) is 67.2 Å². The molecule has 0 unspecified atom stereocenters. The number of hydrogen-bond acceptors (Lipinski definition) is 5. The van der Waals surface area contributed by atoms with Crippen molar-refractivity contribution in [3.8, 4) is 0 Å². The number of aliphatic hydroxyl groups excluding tert-OH is 2. The maximum atomic E-state index is 12.8. The average Bonchev–Trinajstić information content (AvgIpc) is 2.69. The number of carbonyl (C=O) groups excluding carboxylic acids is 2. The molecule has 1 aliphatic rings. The van der Waals surface area contributed by atoms with Crippen molar-refractivity contribution < 1.29 is 24.9 Å². The lowest BCUT2D eigenvalue weighted by molar-refractivity contribution is -0.137. The van der Waals surface area contributed by atoms with Crippen LogP contribution in [0.5, 0.6) is 0 Å². The molecule has 1 aliphatic carbocycles. The number of aliphatic hydroxyl groups is 3. The highest BCUT2D eigenvalue weighted by Crippen LogP contribution is 2.44. The maximum Gasteiger partial charge on any atom is 0.176 e. The molecule has 0 amide bonds. The van der Waals surface area contributed by atoms with Gasteiger partial charge in [-0.2, -0.15) is 0 Å². The Bertz CT molecular complexity index is 532. The van der Waals surface area contributed by atoms with E-state index in [2.05, 4.69) is 0 Å². The van der Waals surface area contributed by atoms with Crippen LogP contribution in [0.25, 0.3) is 0 Å². The molecule has 0 radical (unpaired) electrons. The van der Waals surface area contributed by atoms with Gasteiger partial charge in [0.2, 0.25) is 0 Å². The van der Waals surface area contributed by atoms with Gasteiger partial charge in [-0.1, -0.05) is 48.0 Å². The van der Waals surface area contributed by atoms with Gasteiger partial charge in [0, 0.05) is 5.92 Å². The Morgan fingerprint density at radius 3 is 2.00 bits per heavy atom. The summed E-state index contributed by atoms with van der Waals surface area (Å²) in [6.07, 6.45) is 0.604. The van der Waals surface area contributed by atoms with Gasteiger partial charge in [0.05, 0.1) is 12.0 Å². The SMILES string of the molecule is CC(C)CC[C@H](O)[C@@]1(O)C(O)=C(C(=O)C(C)C)C(=O)[C@@H]1CCC(C)C. The second-order valence-electron chi connectivity index (χ2n) is 8.44. The van der Waals surface area contributed by atoms with Crippen LogP contribution in [0.15, 0.2) is 11.3 Å². The van der Waals surface area contributed by atoms with E-state index in [-0.39, 0.29) is 12.0 Å². The van der Waals surface area contributed by atoms with Gasteiger partial charge >= 0.3 is 0 Å². The minimum atomic E-state index is -2.07. The molecule has 144 valence electrons. The van der Waals surface area contributed by atoms with E-state index < -0.39 is 40.9 Å². The Kier molecular flexibility index (Phi) is 7.39. The van der Waals surface area contributed by atoms with E-state index in [4.69, 9.17) is 0 Å². The summed E-state index contributed by atoms with van der Waals surface area (Å²) in [5.41, 5.74) is -2.39. The van der Waals surface area contributed by atoms with E-state index in [1.54, 1.807) is 13.8 Å². The number of Topliss-reactive ketones (excluding diaryl/α,β-unsaturated/α-hetero) is 2. The predicted octanol–water partition coefficient (Wildman–Crippen LogP) is 3.19. The standard InChI is InChI=1S/C20H34O5/c1-11(2)7-9-14-18(23)16(17(22)13(5)6)19(24)20(14,25)15(21)10-8-12(3)4/h11-15,21,24-25H,7-10H2,1-6H3/t14-,15-,20+/m0/s1. The van der Waals surface area contributed by atoms with Gasteiger partial charge in [0.1, 0.15) is 11.3 Å². The Hall–Kier alpha value is -1.20. The van der Waals surface area contributed by atoms with Gasteiger partial charge in [-0.05, 0) is 31.1 Å². The number of hydrogen-bond donors (Lipinski definition) is 3. The molecule has 0 saturated heterocycles. The summed E-state index contributed by atoms with van der Waals surface area (Å²) < 4.78 is 0. The van der Waals surface area contributed by atoms with E-state index >= 15 is 0 Å². The lowest BCUT2D eigenvalue weighted by Crippen LogP contribution is -2.49. The molecule has 5 nitrogen and oxygen atoms in total. The fourth-order valence-electron chi connectivity index (χ4n) is 3.34. The summed E-state index contributed by atoms with van der Waals surface area (Å²) in [5.74, 6) is -2.49. The van der Waals surface area contributed by atoms with E-state index in [0.717, 1.165) is 0 Å². The predicted molar refractivity (Wildman–Crippen MR) is 97.1 cm³/mol. The topological polar surface area (TPSA) is 94.8 Å². The number of carbonyl (C=O) groups is 2. The third-order valence-electron chi connectivity index (χ3n) is 5.04. The lowest BCUT2D eigenvalue weighted by atomic mass is 9.78. The van der Waals surface area contributed by atoms with Crippen LogP contribution >= 0.6 is 0 Å². The Balaban J connectivity index is 3.27. The van der Waals surface area contributed by atoms with Gasteiger partial charge in [-0.3, -0.25) is 9.59 Å². The first-order valence-electron chi connectivity index (χ1n) is 9.37. The molecule has 25 heavy (non-hydrogen) atoms. The van der Waals surface area contributed by atoms with Crippen molar-refractivity contribution >= 4 is 11.6 Å². The molecule has 0 aromatic rings. The molecular formula is C20H34O5. The molecule has 0 spiro atoms. The number of ketones is 2. The van der Waals surface area contributed by atoms with Gasteiger partial charge < -0.3 is 15.3 Å². The fourth-order valence-corrected chi connectivity index (χ4v) is 3.34. The summed E-state index contributed by atoms with van der Waals surface area (Å²) in [4.78, 5) is 25.2. The van der Waals surface area contributed by atoms with Crippen molar-refractivity contribution in [2.24, 2.45) is 23.7 Å². The van der Waals surface area contributed by atoms with Gasteiger partial charge in [-0.25, -0.2) is 0 Å². The first kappa shape index (κ1) is 21.8. The Labute approximate surface area is 151 Å². The second kappa shape index (κ2) is 8.45. The molecule has 0 bridgehead atoms. The van der Waals surface area contributed by atoms with Gasteiger partial charge in [0.15, 0.2) is 17.2 Å². The quantitative estimate of drug-likeness (QED) is 0.553. The van der Waals surface area contributed by atoms with Crippen LogP contribution in [-0.4, -0.2) is 38.6 Å². The fraction of sp³-hybridized carbons (Fsp3) is 0.800. The molecule has 0 aliphatic heterocycles. The van der Waals surface area contributed by atoms with Crippen LogP contribution in [0.2, 0.25) is 0 Å². The smallest absolute Gasteiger partial charge is 0.176 e. The van der Waals surface area contributed by atoms with Gasteiger partial charge in [0.25, 0.3) is 0 Å². The molecule has 0 heterocycles. The molecule has 0 aromatic heterocycles. The third-order valence-corrected chi connectivity index (χ3v) is 5.04. The van der Waals surface area contributed by atoms with Crippen LogP contribution in [-0.2, 0) is 9.59 Å². The molecule has 0 aromatic carbocycles. The lowest BCUT2D eigenvalue weighted by Gasteiger charge is -2.34. The summed E-state index contributed by atoms with van der Waals surface area (Å²) >= 11 is 0. The summed E-state index contributed by atoms with van der Waals surface area (Å²) in [5, 5.41) is 32.4. The summed E-state index contributed by atoms with van der Waals surface area (Å²) in [7, 11) is 0. The van der Waals surface area contributed by atoms with Crippen LogP contribution < -0.4 is 0 Å². The highest BCUT2D eigenvalue weighted by atomic mass is 16.4. The zero-order valence-corrected chi connectivity index (χ0v) is 16.4. The van der Waals surface area contributed by atoms with E-state index in [1.165, 1.54) is 0 Å². The number of allylic oxidation sites excluding steroid dienone is 1. The highest BCUT2D eigenvalue weighted by Gasteiger charge is 2.58. The minimum absolute atomic E-state index is 0.257. The van der Waals surface area contributed by atoms with Crippen molar-refractivity contribution in [2.45, 2.75) is 78.9 Å². The summed E-state index contributed by atoms with van der Waals surface area (Å²) in [6, 6.07) is 0. The van der Waals surface area contributed by atoms with Crippen molar-refractivity contribution in [1.82, 2.24) is 0 Å². The van der Waals surface area contributed by atoms with Crippen molar-refractivity contribution in [3.05, 3.63) is 11.3 Å². The van der Waals surface area contributed by atoms with E-state index in [9.17, 15) is 24.9 Å². The first-order valence-corrected chi connectivity index (χ1v) is 9.37. The monoisotopic (exact) mass is 354 g/mol. The second-order valence-corrected chi connectivity index (χ2v) is 8.44. The molecule has 5 heteroatoms. The van der Waals surface area contributed by atoms with Crippen LogP contribution in [0.3, 0.4) is 0 Å². The molecule has 0 saturated carbocycles. The van der Waals surface area contributed by atoms with Crippen LogP contribution in [0, 0.1) is 23.7 Å². The van der Waals surface area contributed by atoms with Crippen LogP contribution in [0.4, 0.5) is 0 Å². The third kappa shape index (κ3) is 4.50. The van der Waals surface area contributed by atoms with Crippen molar-refractivity contribution in [2.75, 3.05) is 0 Å². The first-order chi connectivity index (χ1) is 11.4. The Morgan fingerprint density at radius 1 is 1.04 bits per heavy atom. The zero-order valence-electron chi connectivity index (χ0n) is 16.4. The van der Waals surface area contributed by atoms with E-state index in [0.29, 0.717) is 31.1 Å². The van der Waals surface area contributed by atoms with Crippen molar-refractivity contribution in [3.63, 3.8) is 0 Å². The van der Waals surface area contributed by atoms with E-state index in [1.807, 2.05) is 27.7 Å².